The Balaban J connectivity index is 4.27. The molecule has 0 saturated heterocycles. The van der Waals surface area contributed by atoms with Crippen molar-refractivity contribution in [2.75, 3.05) is 38.5 Å². The van der Waals surface area contributed by atoms with Crippen molar-refractivity contribution in [1.82, 2.24) is 0 Å². The molecule has 0 saturated carbocycles. The average Bonchev–Trinajstić information content (AvgIpc) is 2.40. The van der Waals surface area contributed by atoms with Crippen LogP contribution in [-0.4, -0.2) is 62.0 Å². The molecule has 0 fully saturated rings. The fraction of sp³-hybridized carbons (Fsp3) is 0.786. The fourth-order valence-electron chi connectivity index (χ4n) is 2.24. The van der Waals surface area contributed by atoms with Gasteiger partial charge in [-0.15, -0.1) is 0 Å². The van der Waals surface area contributed by atoms with Crippen molar-refractivity contribution in [2.24, 2.45) is 0 Å². The van der Waals surface area contributed by atoms with Crippen LogP contribution in [0.2, 0.25) is 0 Å². The van der Waals surface area contributed by atoms with Gasteiger partial charge in [0, 0.05) is 18.4 Å². The van der Waals surface area contributed by atoms with Gasteiger partial charge in [-0.2, -0.15) is 8.42 Å². The molecule has 0 rings (SSSR count). The highest BCUT2D eigenvalue weighted by molar-refractivity contribution is 7.85. The molecule has 1 N–H and O–H groups in total. The summed E-state index contributed by atoms with van der Waals surface area (Å²) in [6, 6.07) is 0. The van der Waals surface area contributed by atoms with Gasteiger partial charge in [0.1, 0.15) is 0 Å². The molecule has 0 aliphatic heterocycles. The molecule has 0 spiro atoms. The summed E-state index contributed by atoms with van der Waals surface area (Å²) in [7, 11) is -3.90. The molecule has 21 heavy (non-hydrogen) atoms. The number of nitrogens with zero attached hydrogens (tertiary/aromatic N) is 1. The maximum absolute atomic E-state index is 11.3. The van der Waals surface area contributed by atoms with Crippen LogP contribution < -0.4 is 0 Å². The van der Waals surface area contributed by atoms with Crippen molar-refractivity contribution in [2.45, 2.75) is 33.6 Å². The minimum Gasteiger partial charge on any atom is -0.462 e. The van der Waals surface area contributed by atoms with Crippen LogP contribution in [0.4, 0.5) is 0 Å². The molecule has 0 aromatic heterocycles. The number of quaternary nitrogens is 1. The summed E-state index contributed by atoms with van der Waals surface area (Å²) in [5, 5.41) is 0. The highest BCUT2D eigenvalue weighted by Gasteiger charge is 2.23. The lowest BCUT2D eigenvalue weighted by Gasteiger charge is -2.37. The quantitative estimate of drug-likeness (QED) is 0.206. The van der Waals surface area contributed by atoms with Gasteiger partial charge in [0.25, 0.3) is 10.1 Å². The normalized spacial score (nSPS) is 12.2. The summed E-state index contributed by atoms with van der Waals surface area (Å²) < 4.78 is 36.2. The van der Waals surface area contributed by atoms with Crippen LogP contribution in [0.1, 0.15) is 33.6 Å². The lowest BCUT2D eigenvalue weighted by Crippen LogP contribution is -2.49. The van der Waals surface area contributed by atoms with Gasteiger partial charge < -0.3 is 9.22 Å². The van der Waals surface area contributed by atoms with E-state index < -0.39 is 10.1 Å². The molecule has 124 valence electrons. The van der Waals surface area contributed by atoms with Crippen molar-refractivity contribution >= 4 is 16.1 Å². The van der Waals surface area contributed by atoms with Crippen LogP contribution in [0.5, 0.6) is 0 Å². The van der Waals surface area contributed by atoms with Gasteiger partial charge in [0.05, 0.1) is 38.5 Å². The standard InChI is InChI=1S/C14H27NO5S/c1-5-15(6-2,10-8-12-21(17,18)19)9-7-11-20-14(16)13(3)4/h3,5-12H2,1-2,4H3/p+1. The Morgan fingerprint density at radius 1 is 1.19 bits per heavy atom. The molecule has 0 aliphatic rings. The first-order valence-electron chi connectivity index (χ1n) is 7.28. The molecule has 6 nitrogen and oxygen atoms in total. The van der Waals surface area contributed by atoms with Gasteiger partial charge in [-0.05, 0) is 20.8 Å². The van der Waals surface area contributed by atoms with E-state index in [-0.39, 0.29) is 11.7 Å². The van der Waals surface area contributed by atoms with E-state index in [9.17, 15) is 13.2 Å². The zero-order chi connectivity index (χ0) is 16.5. The highest BCUT2D eigenvalue weighted by Crippen LogP contribution is 2.10. The number of hydrogen-bond acceptors (Lipinski definition) is 4. The number of carbonyl (C=O) groups is 1. The minimum absolute atomic E-state index is 0.211. The van der Waals surface area contributed by atoms with Gasteiger partial charge in [0.2, 0.25) is 0 Å². The Morgan fingerprint density at radius 2 is 1.71 bits per heavy atom. The lowest BCUT2D eigenvalue weighted by atomic mass is 10.2. The van der Waals surface area contributed by atoms with E-state index in [0.717, 1.165) is 24.1 Å². The largest absolute Gasteiger partial charge is 0.462 e. The molecule has 0 atom stereocenters. The van der Waals surface area contributed by atoms with Crippen molar-refractivity contribution < 1.29 is 27.0 Å². The SMILES string of the molecule is C=C(C)C(=O)OCCC[N+](CC)(CC)CCCS(=O)(=O)O. The highest BCUT2D eigenvalue weighted by atomic mass is 32.2. The molecule has 7 heteroatoms. The van der Waals surface area contributed by atoms with E-state index in [0.29, 0.717) is 31.6 Å². The Morgan fingerprint density at radius 3 is 2.14 bits per heavy atom. The summed E-state index contributed by atoms with van der Waals surface area (Å²) in [5.41, 5.74) is 0.384. The summed E-state index contributed by atoms with van der Waals surface area (Å²) in [4.78, 5) is 11.3. The van der Waals surface area contributed by atoms with Gasteiger partial charge in [-0.25, -0.2) is 4.79 Å². The van der Waals surface area contributed by atoms with Crippen molar-refractivity contribution in [3.05, 3.63) is 12.2 Å². The Labute approximate surface area is 128 Å². The summed E-state index contributed by atoms with van der Waals surface area (Å²) in [6.07, 6.45) is 1.14. The molecule has 0 aromatic rings. The third-order valence-corrected chi connectivity index (χ3v) is 4.54. The third kappa shape index (κ3) is 8.85. The van der Waals surface area contributed by atoms with Crippen molar-refractivity contribution in [1.29, 1.82) is 0 Å². The topological polar surface area (TPSA) is 80.7 Å². The monoisotopic (exact) mass is 322 g/mol. The zero-order valence-corrected chi connectivity index (χ0v) is 14.1. The van der Waals surface area contributed by atoms with E-state index in [2.05, 4.69) is 20.4 Å². The van der Waals surface area contributed by atoms with E-state index in [1.165, 1.54) is 0 Å². The van der Waals surface area contributed by atoms with Crippen LogP contribution in [0.25, 0.3) is 0 Å². The predicted molar refractivity (Wildman–Crippen MR) is 82.5 cm³/mol. The van der Waals surface area contributed by atoms with E-state index in [1.807, 2.05) is 0 Å². The first-order valence-corrected chi connectivity index (χ1v) is 8.89. The second kappa shape index (κ2) is 9.17. The first kappa shape index (κ1) is 20.1. The fourth-order valence-corrected chi connectivity index (χ4v) is 2.73. The Bertz CT molecular complexity index is 440. The van der Waals surface area contributed by atoms with Crippen LogP contribution in [0, 0.1) is 0 Å². The van der Waals surface area contributed by atoms with Crippen LogP contribution in [0.15, 0.2) is 12.2 Å². The maximum atomic E-state index is 11.3. The van der Waals surface area contributed by atoms with Crippen LogP contribution in [-0.2, 0) is 19.6 Å². The van der Waals surface area contributed by atoms with Gasteiger partial charge in [0.15, 0.2) is 0 Å². The Hall–Kier alpha value is -0.920. The van der Waals surface area contributed by atoms with E-state index in [4.69, 9.17) is 9.29 Å². The number of esters is 1. The molecule has 0 amide bonds. The smallest absolute Gasteiger partial charge is 0.333 e. The van der Waals surface area contributed by atoms with Crippen molar-refractivity contribution in [3.63, 3.8) is 0 Å². The van der Waals surface area contributed by atoms with Crippen molar-refractivity contribution in [3.8, 4) is 0 Å². The molecule has 0 heterocycles. The van der Waals surface area contributed by atoms with Crippen LogP contribution in [0.3, 0.4) is 0 Å². The van der Waals surface area contributed by atoms with Gasteiger partial charge in [-0.1, -0.05) is 6.58 Å². The average molecular weight is 322 g/mol. The molecule has 0 unspecified atom stereocenters. The van der Waals surface area contributed by atoms with Crippen LogP contribution >= 0.6 is 0 Å². The summed E-state index contributed by atoms with van der Waals surface area (Å²) >= 11 is 0. The molecular formula is C14H28NO5S+. The second-order valence-electron chi connectivity index (χ2n) is 5.33. The maximum Gasteiger partial charge on any atom is 0.333 e. The van der Waals surface area contributed by atoms with E-state index in [1.54, 1.807) is 6.92 Å². The van der Waals surface area contributed by atoms with E-state index >= 15 is 0 Å². The number of ether oxygens (including phenoxy) is 1. The molecule has 0 aromatic carbocycles. The molecule has 0 bridgehead atoms. The first-order chi connectivity index (χ1) is 9.66. The molecule has 0 radical (unpaired) electrons. The number of rotatable bonds is 11. The second-order valence-corrected chi connectivity index (χ2v) is 6.90. The Kier molecular flexibility index (Phi) is 8.77. The number of hydrogen-bond donors (Lipinski definition) is 1. The minimum atomic E-state index is -3.90. The molecule has 0 aliphatic carbocycles. The zero-order valence-electron chi connectivity index (χ0n) is 13.3. The third-order valence-electron chi connectivity index (χ3n) is 3.73. The predicted octanol–water partition coefficient (Wildman–Crippen LogP) is 1.63. The summed E-state index contributed by atoms with van der Waals surface area (Å²) in [6.45, 7) is 12.8. The lowest BCUT2D eigenvalue weighted by molar-refractivity contribution is -0.925. The van der Waals surface area contributed by atoms with Gasteiger partial charge in [-0.3, -0.25) is 4.55 Å². The van der Waals surface area contributed by atoms with Gasteiger partial charge >= 0.3 is 5.97 Å². The summed E-state index contributed by atoms with van der Waals surface area (Å²) in [5.74, 6) is -0.593. The number of carbonyl (C=O) groups excluding carboxylic acids is 1. The molecular weight excluding hydrogens is 294 g/mol.